The van der Waals surface area contributed by atoms with Crippen LogP contribution in [0.25, 0.3) is 0 Å². The standard InChI is InChI=1S/C13H17FN2O/c1-8(2)11-13(17)16(3)12(15-11)9-6-4-5-7-10(9)14/h4-8,11-12,15H,1-3H3. The molecule has 1 aliphatic rings. The summed E-state index contributed by atoms with van der Waals surface area (Å²) in [6, 6.07) is 6.32. The maximum absolute atomic E-state index is 13.7. The van der Waals surface area contributed by atoms with Crippen molar-refractivity contribution in [1.82, 2.24) is 10.2 Å². The zero-order chi connectivity index (χ0) is 12.6. The summed E-state index contributed by atoms with van der Waals surface area (Å²) in [5.74, 6) is -0.0657. The minimum Gasteiger partial charge on any atom is -0.324 e. The van der Waals surface area contributed by atoms with Crippen LogP contribution in [0.3, 0.4) is 0 Å². The number of likely N-dealkylation sites (N-methyl/N-ethyl adjacent to an activating group) is 1. The molecule has 1 fully saturated rings. The average Bonchev–Trinajstić information content (AvgIpc) is 2.57. The lowest BCUT2D eigenvalue weighted by molar-refractivity contribution is -0.129. The monoisotopic (exact) mass is 236 g/mol. The molecule has 0 spiro atoms. The molecule has 1 saturated heterocycles. The Kier molecular flexibility index (Phi) is 3.15. The molecule has 2 atom stereocenters. The van der Waals surface area contributed by atoms with Crippen LogP contribution in [0.2, 0.25) is 0 Å². The number of rotatable bonds is 2. The highest BCUT2D eigenvalue weighted by Gasteiger charge is 2.39. The molecule has 2 rings (SSSR count). The molecule has 0 aromatic heterocycles. The Morgan fingerprint density at radius 1 is 1.35 bits per heavy atom. The number of hydrogen-bond donors (Lipinski definition) is 1. The number of halogens is 1. The first-order valence-corrected chi connectivity index (χ1v) is 5.79. The summed E-state index contributed by atoms with van der Waals surface area (Å²) in [5, 5.41) is 3.18. The van der Waals surface area contributed by atoms with Crippen molar-refractivity contribution in [2.75, 3.05) is 7.05 Å². The normalized spacial score (nSPS) is 24.8. The van der Waals surface area contributed by atoms with Gasteiger partial charge in [-0.2, -0.15) is 0 Å². The Labute approximate surface area is 101 Å². The number of hydrogen-bond acceptors (Lipinski definition) is 2. The Morgan fingerprint density at radius 2 is 2.00 bits per heavy atom. The fourth-order valence-corrected chi connectivity index (χ4v) is 2.17. The summed E-state index contributed by atoms with van der Waals surface area (Å²) in [7, 11) is 1.70. The van der Waals surface area contributed by atoms with E-state index in [9.17, 15) is 9.18 Å². The van der Waals surface area contributed by atoms with E-state index in [0.29, 0.717) is 5.56 Å². The van der Waals surface area contributed by atoms with Crippen molar-refractivity contribution in [3.8, 4) is 0 Å². The van der Waals surface area contributed by atoms with Gasteiger partial charge in [0.15, 0.2) is 0 Å². The van der Waals surface area contributed by atoms with Gasteiger partial charge < -0.3 is 4.90 Å². The first-order valence-electron chi connectivity index (χ1n) is 5.79. The van der Waals surface area contributed by atoms with Gasteiger partial charge in [0.05, 0.1) is 6.04 Å². The van der Waals surface area contributed by atoms with Crippen molar-refractivity contribution >= 4 is 5.91 Å². The molecule has 0 radical (unpaired) electrons. The SMILES string of the molecule is CC(C)C1NC(c2ccccc2F)N(C)C1=O. The average molecular weight is 236 g/mol. The summed E-state index contributed by atoms with van der Waals surface area (Å²) in [6.45, 7) is 3.96. The van der Waals surface area contributed by atoms with Crippen LogP contribution in [-0.2, 0) is 4.79 Å². The maximum atomic E-state index is 13.7. The van der Waals surface area contributed by atoms with Crippen LogP contribution in [0, 0.1) is 11.7 Å². The smallest absolute Gasteiger partial charge is 0.241 e. The van der Waals surface area contributed by atoms with Crippen LogP contribution >= 0.6 is 0 Å². The predicted octanol–water partition coefficient (Wildman–Crippen LogP) is 1.91. The molecule has 1 heterocycles. The molecule has 0 saturated carbocycles. The highest BCUT2D eigenvalue weighted by atomic mass is 19.1. The largest absolute Gasteiger partial charge is 0.324 e. The zero-order valence-electron chi connectivity index (χ0n) is 10.3. The van der Waals surface area contributed by atoms with E-state index in [2.05, 4.69) is 5.32 Å². The highest BCUT2D eigenvalue weighted by Crippen LogP contribution is 2.27. The third kappa shape index (κ3) is 2.05. The lowest BCUT2D eigenvalue weighted by Gasteiger charge is -2.20. The summed E-state index contributed by atoms with van der Waals surface area (Å²) in [4.78, 5) is 13.6. The maximum Gasteiger partial charge on any atom is 0.241 e. The van der Waals surface area contributed by atoms with Crippen LogP contribution in [0.4, 0.5) is 4.39 Å². The second kappa shape index (κ2) is 4.45. The van der Waals surface area contributed by atoms with E-state index >= 15 is 0 Å². The van der Waals surface area contributed by atoms with Crippen molar-refractivity contribution in [2.24, 2.45) is 5.92 Å². The molecule has 2 unspecified atom stereocenters. The molecule has 1 amide bonds. The first kappa shape index (κ1) is 12.0. The third-order valence-electron chi connectivity index (χ3n) is 3.20. The number of carbonyl (C=O) groups excluding carboxylic acids is 1. The minimum absolute atomic E-state index is 0.0215. The van der Waals surface area contributed by atoms with Gasteiger partial charge in [-0.05, 0) is 12.0 Å². The lowest BCUT2D eigenvalue weighted by Crippen LogP contribution is -2.34. The molecule has 1 N–H and O–H groups in total. The number of benzene rings is 1. The van der Waals surface area contributed by atoms with Gasteiger partial charge >= 0.3 is 0 Å². The van der Waals surface area contributed by atoms with Gasteiger partial charge in [-0.25, -0.2) is 4.39 Å². The lowest BCUT2D eigenvalue weighted by atomic mass is 10.1. The highest BCUT2D eigenvalue weighted by molar-refractivity contribution is 5.84. The fraction of sp³-hybridized carbons (Fsp3) is 0.462. The van der Waals surface area contributed by atoms with E-state index in [1.165, 1.54) is 6.07 Å². The van der Waals surface area contributed by atoms with Crippen LogP contribution in [0.1, 0.15) is 25.6 Å². The molecule has 4 heteroatoms. The van der Waals surface area contributed by atoms with Crippen LogP contribution in [0.5, 0.6) is 0 Å². The van der Waals surface area contributed by atoms with Gasteiger partial charge in [0.2, 0.25) is 5.91 Å². The molecule has 1 aliphatic heterocycles. The molecule has 0 aliphatic carbocycles. The first-order chi connectivity index (χ1) is 8.02. The molecule has 0 bridgehead atoms. The van der Waals surface area contributed by atoms with E-state index in [1.54, 1.807) is 30.1 Å². The molecule has 3 nitrogen and oxygen atoms in total. The second-order valence-electron chi connectivity index (χ2n) is 4.76. The minimum atomic E-state index is -0.365. The predicted molar refractivity (Wildman–Crippen MR) is 63.7 cm³/mol. The van der Waals surface area contributed by atoms with Gasteiger partial charge in [-0.1, -0.05) is 32.0 Å². The quantitative estimate of drug-likeness (QED) is 0.850. The molecular formula is C13H17FN2O. The van der Waals surface area contributed by atoms with Crippen molar-refractivity contribution in [2.45, 2.75) is 26.1 Å². The number of nitrogens with one attached hydrogen (secondary N) is 1. The Balaban J connectivity index is 2.30. The van der Waals surface area contributed by atoms with Crippen LogP contribution in [-0.4, -0.2) is 23.9 Å². The van der Waals surface area contributed by atoms with Gasteiger partial charge in [-0.15, -0.1) is 0 Å². The Morgan fingerprint density at radius 3 is 2.53 bits per heavy atom. The Hall–Kier alpha value is -1.42. The van der Waals surface area contributed by atoms with Gasteiger partial charge in [-0.3, -0.25) is 10.1 Å². The van der Waals surface area contributed by atoms with Crippen LogP contribution in [0.15, 0.2) is 24.3 Å². The van der Waals surface area contributed by atoms with Gasteiger partial charge in [0.25, 0.3) is 0 Å². The van der Waals surface area contributed by atoms with E-state index < -0.39 is 0 Å². The van der Waals surface area contributed by atoms with Crippen molar-refractivity contribution < 1.29 is 9.18 Å². The number of carbonyl (C=O) groups is 1. The van der Waals surface area contributed by atoms with Gasteiger partial charge in [0.1, 0.15) is 12.0 Å². The number of nitrogens with zero attached hydrogens (tertiary/aromatic N) is 1. The fourth-order valence-electron chi connectivity index (χ4n) is 2.17. The topological polar surface area (TPSA) is 32.3 Å². The summed E-state index contributed by atoms with van der Waals surface area (Å²) in [5.41, 5.74) is 0.520. The van der Waals surface area contributed by atoms with Crippen molar-refractivity contribution in [3.63, 3.8) is 0 Å². The molecule has 1 aromatic carbocycles. The summed E-state index contributed by atoms with van der Waals surface area (Å²) >= 11 is 0. The zero-order valence-corrected chi connectivity index (χ0v) is 10.3. The van der Waals surface area contributed by atoms with E-state index in [1.807, 2.05) is 13.8 Å². The van der Waals surface area contributed by atoms with Crippen molar-refractivity contribution in [1.29, 1.82) is 0 Å². The Bertz CT molecular complexity index is 433. The van der Waals surface area contributed by atoms with E-state index in [4.69, 9.17) is 0 Å². The summed E-state index contributed by atoms with van der Waals surface area (Å²) < 4.78 is 13.7. The van der Waals surface area contributed by atoms with E-state index in [0.717, 1.165) is 0 Å². The van der Waals surface area contributed by atoms with Crippen molar-refractivity contribution in [3.05, 3.63) is 35.6 Å². The van der Waals surface area contributed by atoms with E-state index in [-0.39, 0.29) is 29.8 Å². The van der Waals surface area contributed by atoms with Crippen LogP contribution < -0.4 is 5.32 Å². The summed E-state index contributed by atoms with van der Waals surface area (Å²) in [6.07, 6.45) is -0.365. The molecule has 17 heavy (non-hydrogen) atoms. The molecule has 92 valence electrons. The molecule has 1 aromatic rings. The molecular weight excluding hydrogens is 219 g/mol. The third-order valence-corrected chi connectivity index (χ3v) is 3.20. The second-order valence-corrected chi connectivity index (χ2v) is 4.76. The van der Waals surface area contributed by atoms with Gasteiger partial charge in [0, 0.05) is 12.6 Å². The number of amides is 1.